The minimum absolute atomic E-state index is 0.244. The molecule has 0 bridgehead atoms. The lowest BCUT2D eigenvalue weighted by Gasteiger charge is -2.38. The maximum Gasteiger partial charge on any atom is 0.326 e. The summed E-state index contributed by atoms with van der Waals surface area (Å²) in [4.78, 5) is 27.9. The molecular formula is C38H50N2O4. The van der Waals surface area contributed by atoms with Crippen LogP contribution in [0.2, 0.25) is 0 Å². The van der Waals surface area contributed by atoms with Crippen LogP contribution < -0.4 is 10.1 Å². The number of benzene rings is 3. The quantitative estimate of drug-likeness (QED) is 0.184. The smallest absolute Gasteiger partial charge is 0.326 e. The normalized spacial score (nSPS) is 15.2. The summed E-state index contributed by atoms with van der Waals surface area (Å²) in [6.45, 7) is 9.81. The standard InChI is InChI=1S/C38H50N2O4/c1-5-14-36(38(42)43)39-37(41)34-22-21-30(24-35(34)33-20-13-12-15-28(33)4)25-40(27(2)3)31(23-29-16-8-6-9-17-29)26-44-32-18-10-7-11-19-32/h7,10-13,15,18-22,24,27,29,31,36H,5-6,8-9,14,16-17,23,25-26H2,1-4H3,(H,39,41)(H,42,43)/t31-,36+/m1/s1. The molecule has 0 aliphatic heterocycles. The maximum atomic E-state index is 13.5. The summed E-state index contributed by atoms with van der Waals surface area (Å²) in [5.74, 6) is 0.226. The first-order valence-corrected chi connectivity index (χ1v) is 16.4. The Morgan fingerprint density at radius 3 is 2.32 bits per heavy atom. The molecule has 0 spiro atoms. The fraction of sp³-hybridized carbons (Fsp3) is 0.474. The first-order chi connectivity index (χ1) is 21.3. The van der Waals surface area contributed by atoms with E-state index < -0.39 is 12.0 Å². The van der Waals surface area contributed by atoms with Gasteiger partial charge in [0.05, 0.1) is 0 Å². The van der Waals surface area contributed by atoms with Crippen molar-refractivity contribution in [3.8, 4) is 16.9 Å². The molecule has 0 saturated heterocycles. The van der Waals surface area contributed by atoms with E-state index in [1.165, 1.54) is 32.1 Å². The van der Waals surface area contributed by atoms with Gasteiger partial charge in [-0.3, -0.25) is 9.69 Å². The lowest BCUT2D eigenvalue weighted by atomic mass is 9.84. The van der Waals surface area contributed by atoms with Crippen LogP contribution in [0.5, 0.6) is 5.75 Å². The van der Waals surface area contributed by atoms with Gasteiger partial charge < -0.3 is 15.2 Å². The summed E-state index contributed by atoms with van der Waals surface area (Å²) in [5.41, 5.74) is 4.48. The number of aliphatic carboxylic acids is 1. The van der Waals surface area contributed by atoms with Crippen LogP contribution in [0.3, 0.4) is 0 Å². The summed E-state index contributed by atoms with van der Waals surface area (Å²) in [7, 11) is 0. The van der Waals surface area contributed by atoms with E-state index in [1.54, 1.807) is 0 Å². The molecule has 3 aromatic rings. The Morgan fingerprint density at radius 1 is 0.955 bits per heavy atom. The molecule has 0 radical (unpaired) electrons. The average molecular weight is 599 g/mol. The van der Waals surface area contributed by atoms with Crippen molar-refractivity contribution in [1.29, 1.82) is 0 Å². The van der Waals surface area contributed by atoms with Gasteiger partial charge in [-0.2, -0.15) is 0 Å². The van der Waals surface area contributed by atoms with Crippen LogP contribution in [-0.4, -0.2) is 46.6 Å². The van der Waals surface area contributed by atoms with Crippen molar-refractivity contribution >= 4 is 11.9 Å². The Labute approximate surface area is 263 Å². The van der Waals surface area contributed by atoms with Gasteiger partial charge in [-0.25, -0.2) is 4.79 Å². The van der Waals surface area contributed by atoms with Crippen molar-refractivity contribution in [1.82, 2.24) is 10.2 Å². The van der Waals surface area contributed by atoms with Crippen LogP contribution in [0.1, 0.15) is 93.6 Å². The number of carboxylic acids is 1. The van der Waals surface area contributed by atoms with Crippen LogP contribution in [-0.2, 0) is 11.3 Å². The van der Waals surface area contributed by atoms with E-state index in [1.807, 2.05) is 80.6 Å². The Hall–Kier alpha value is -3.64. The lowest BCUT2D eigenvalue weighted by molar-refractivity contribution is -0.139. The third kappa shape index (κ3) is 9.18. The van der Waals surface area contributed by atoms with Gasteiger partial charge in [0.1, 0.15) is 18.4 Å². The third-order valence-electron chi connectivity index (χ3n) is 8.96. The van der Waals surface area contributed by atoms with E-state index >= 15 is 0 Å². The molecule has 6 heteroatoms. The van der Waals surface area contributed by atoms with Crippen LogP contribution in [0.25, 0.3) is 11.1 Å². The SMILES string of the molecule is CCC[C@H](NC(=O)c1ccc(CN(C(C)C)[C@@H](COc2ccccc2)CC2CCCCC2)cc1-c1ccccc1C)C(=O)O. The fourth-order valence-electron chi connectivity index (χ4n) is 6.53. The molecule has 2 atom stereocenters. The Kier molecular flexibility index (Phi) is 12.4. The van der Waals surface area contributed by atoms with Crippen molar-refractivity contribution in [2.24, 2.45) is 5.92 Å². The number of hydrogen-bond acceptors (Lipinski definition) is 4. The Bertz CT molecular complexity index is 1350. The number of para-hydroxylation sites is 1. The summed E-state index contributed by atoms with van der Waals surface area (Å²) < 4.78 is 6.37. The first-order valence-electron chi connectivity index (χ1n) is 16.4. The van der Waals surface area contributed by atoms with Crippen molar-refractivity contribution < 1.29 is 19.4 Å². The van der Waals surface area contributed by atoms with Crippen LogP contribution >= 0.6 is 0 Å². The molecule has 4 rings (SSSR count). The van der Waals surface area contributed by atoms with Crippen LogP contribution in [0.4, 0.5) is 0 Å². The second-order valence-corrected chi connectivity index (χ2v) is 12.6. The maximum absolute atomic E-state index is 13.5. The van der Waals surface area contributed by atoms with Crippen LogP contribution in [0, 0.1) is 12.8 Å². The second-order valence-electron chi connectivity index (χ2n) is 12.6. The Morgan fingerprint density at radius 2 is 1.66 bits per heavy atom. The van der Waals surface area contributed by atoms with E-state index in [0.29, 0.717) is 37.0 Å². The highest BCUT2D eigenvalue weighted by Gasteiger charge is 2.28. The van der Waals surface area contributed by atoms with Gasteiger partial charge in [0.2, 0.25) is 0 Å². The van der Waals surface area contributed by atoms with Gasteiger partial charge in [-0.05, 0) is 86.1 Å². The predicted octanol–water partition coefficient (Wildman–Crippen LogP) is 8.27. The first kappa shape index (κ1) is 33.3. The molecule has 0 aromatic heterocycles. The number of carbonyl (C=O) groups is 2. The number of aryl methyl sites for hydroxylation is 1. The molecule has 44 heavy (non-hydrogen) atoms. The molecule has 2 N–H and O–H groups in total. The van der Waals surface area contributed by atoms with Gasteiger partial charge in [0.15, 0.2) is 0 Å². The molecule has 1 saturated carbocycles. The summed E-state index contributed by atoms with van der Waals surface area (Å²) in [5, 5.41) is 12.5. The van der Waals surface area contributed by atoms with E-state index in [0.717, 1.165) is 41.0 Å². The third-order valence-corrected chi connectivity index (χ3v) is 8.96. The second kappa shape index (κ2) is 16.4. The van der Waals surface area contributed by atoms with Gasteiger partial charge in [-0.15, -0.1) is 0 Å². The number of rotatable bonds is 15. The van der Waals surface area contributed by atoms with Crippen LogP contribution in [0.15, 0.2) is 72.8 Å². The van der Waals surface area contributed by atoms with Gasteiger partial charge >= 0.3 is 5.97 Å². The predicted molar refractivity (Wildman–Crippen MR) is 178 cm³/mol. The molecule has 236 valence electrons. The number of nitrogens with zero attached hydrogens (tertiary/aromatic N) is 1. The van der Waals surface area contributed by atoms with Crippen molar-refractivity contribution in [3.05, 3.63) is 89.5 Å². The highest BCUT2D eigenvalue weighted by molar-refractivity contribution is 6.02. The number of ether oxygens (including phenoxy) is 1. The summed E-state index contributed by atoms with van der Waals surface area (Å²) >= 11 is 0. The van der Waals surface area contributed by atoms with Gasteiger partial charge in [0, 0.05) is 24.2 Å². The number of nitrogens with one attached hydrogen (secondary N) is 1. The summed E-state index contributed by atoms with van der Waals surface area (Å²) in [6, 6.07) is 23.8. The molecule has 1 aliphatic rings. The minimum Gasteiger partial charge on any atom is -0.492 e. The molecule has 0 unspecified atom stereocenters. The molecule has 1 fully saturated rings. The van der Waals surface area contributed by atoms with E-state index in [-0.39, 0.29) is 11.9 Å². The van der Waals surface area contributed by atoms with Crippen molar-refractivity contribution in [2.45, 2.75) is 104 Å². The number of amides is 1. The largest absolute Gasteiger partial charge is 0.492 e. The molecule has 1 amide bonds. The zero-order chi connectivity index (χ0) is 31.5. The van der Waals surface area contributed by atoms with Gasteiger partial charge in [-0.1, -0.05) is 94.0 Å². The van der Waals surface area contributed by atoms with E-state index in [2.05, 4.69) is 30.1 Å². The fourth-order valence-corrected chi connectivity index (χ4v) is 6.53. The van der Waals surface area contributed by atoms with Gasteiger partial charge in [0.25, 0.3) is 5.91 Å². The molecular weight excluding hydrogens is 548 g/mol. The topological polar surface area (TPSA) is 78.9 Å². The average Bonchev–Trinajstić information content (AvgIpc) is 3.02. The zero-order valence-corrected chi connectivity index (χ0v) is 26.9. The van der Waals surface area contributed by atoms with Crippen molar-refractivity contribution in [3.63, 3.8) is 0 Å². The van der Waals surface area contributed by atoms with E-state index in [9.17, 15) is 14.7 Å². The molecule has 6 nitrogen and oxygen atoms in total. The monoisotopic (exact) mass is 598 g/mol. The molecule has 1 aliphatic carbocycles. The number of carboxylic acid groups (broad SMARTS) is 1. The highest BCUT2D eigenvalue weighted by Crippen LogP contribution is 2.32. The van der Waals surface area contributed by atoms with E-state index in [4.69, 9.17) is 4.74 Å². The lowest BCUT2D eigenvalue weighted by Crippen LogP contribution is -2.44. The number of carbonyl (C=O) groups excluding carboxylic acids is 1. The summed E-state index contributed by atoms with van der Waals surface area (Å²) in [6.07, 6.45) is 8.67. The molecule has 0 heterocycles. The molecule has 3 aromatic carbocycles. The highest BCUT2D eigenvalue weighted by atomic mass is 16.5. The minimum atomic E-state index is -1.01. The Balaban J connectivity index is 1.65. The van der Waals surface area contributed by atoms with Crippen molar-refractivity contribution in [2.75, 3.05) is 6.61 Å². The zero-order valence-electron chi connectivity index (χ0n) is 26.9. The number of hydrogen-bond donors (Lipinski definition) is 2.